The fraction of sp³-hybridized carbons (Fsp3) is 0.300. The minimum absolute atomic E-state index is 0.0282. The van der Waals surface area contributed by atoms with Crippen LogP contribution in [0.1, 0.15) is 40.4 Å². The van der Waals surface area contributed by atoms with Crippen LogP contribution in [-0.4, -0.2) is 18.4 Å². The largest absolute Gasteiger partial charge is 0.337 e. The number of carbonyl (C=O) groups excluding carboxylic acids is 2. The number of carbonyl (C=O) groups is 2. The molecule has 0 fully saturated rings. The Kier molecular flexibility index (Phi) is 6.13. The van der Waals surface area contributed by atoms with Crippen molar-refractivity contribution in [2.75, 3.05) is 11.9 Å². The molecule has 2 aromatic carbocycles. The number of aryl methyl sites for hydroxylation is 3. The van der Waals surface area contributed by atoms with Gasteiger partial charge in [0.05, 0.1) is 0 Å². The Balaban J connectivity index is 1.86. The molecular weight excluding hydrogens is 300 g/mol. The highest BCUT2D eigenvalue weighted by molar-refractivity contribution is 5.97. The van der Waals surface area contributed by atoms with Crippen molar-refractivity contribution in [3.05, 3.63) is 64.7 Å². The molecule has 126 valence electrons. The fourth-order valence-corrected chi connectivity index (χ4v) is 2.53. The molecule has 0 aliphatic rings. The minimum atomic E-state index is -0.282. The highest BCUT2D eigenvalue weighted by atomic mass is 16.2. The van der Waals surface area contributed by atoms with Crippen molar-refractivity contribution in [2.45, 2.75) is 33.6 Å². The van der Waals surface area contributed by atoms with Crippen molar-refractivity contribution in [1.82, 2.24) is 5.32 Å². The minimum Gasteiger partial charge on any atom is -0.337 e. The average molecular weight is 324 g/mol. The van der Waals surface area contributed by atoms with Crippen LogP contribution >= 0.6 is 0 Å². The summed E-state index contributed by atoms with van der Waals surface area (Å²) < 4.78 is 0. The summed E-state index contributed by atoms with van der Waals surface area (Å²) in [5.41, 5.74) is 4.77. The lowest BCUT2D eigenvalue weighted by molar-refractivity contribution is 0.0983. The van der Waals surface area contributed by atoms with Gasteiger partial charge in [-0.15, -0.1) is 0 Å². The summed E-state index contributed by atoms with van der Waals surface area (Å²) in [6, 6.07) is 13.1. The van der Waals surface area contributed by atoms with E-state index in [2.05, 4.69) is 17.6 Å². The predicted octanol–water partition coefficient (Wildman–Crippen LogP) is 4.26. The summed E-state index contributed by atoms with van der Waals surface area (Å²) in [6.07, 6.45) is 1.13. The summed E-state index contributed by atoms with van der Waals surface area (Å²) >= 11 is 0. The molecule has 2 amide bonds. The lowest BCUT2D eigenvalue weighted by atomic mass is 10.1. The Morgan fingerprint density at radius 1 is 1.00 bits per heavy atom. The molecule has 0 unspecified atom stereocenters. The zero-order valence-corrected chi connectivity index (χ0v) is 14.5. The topological polar surface area (TPSA) is 58.2 Å². The molecular formula is C20H24N2O2. The van der Waals surface area contributed by atoms with Crippen LogP contribution in [0.2, 0.25) is 0 Å². The van der Waals surface area contributed by atoms with Gasteiger partial charge in [0.25, 0.3) is 0 Å². The van der Waals surface area contributed by atoms with Crippen molar-refractivity contribution < 1.29 is 9.59 Å². The lowest BCUT2D eigenvalue weighted by Crippen LogP contribution is -2.31. The van der Waals surface area contributed by atoms with Crippen molar-refractivity contribution in [3.63, 3.8) is 0 Å². The molecule has 4 heteroatoms. The number of Topliss-reactive ketones (excluding diaryl/α,β-unsaturated/α-hetero) is 1. The molecule has 0 heterocycles. The first-order chi connectivity index (χ1) is 11.5. The van der Waals surface area contributed by atoms with E-state index in [1.807, 2.05) is 56.3 Å². The normalized spacial score (nSPS) is 10.3. The highest BCUT2D eigenvalue weighted by Crippen LogP contribution is 2.20. The number of ketones is 1. The van der Waals surface area contributed by atoms with Crippen LogP contribution in [0.15, 0.2) is 42.5 Å². The molecule has 0 aliphatic heterocycles. The van der Waals surface area contributed by atoms with Gasteiger partial charge in [0.1, 0.15) is 0 Å². The van der Waals surface area contributed by atoms with Gasteiger partial charge in [-0.05, 0) is 31.4 Å². The van der Waals surface area contributed by atoms with E-state index in [-0.39, 0.29) is 18.2 Å². The second-order valence-corrected chi connectivity index (χ2v) is 5.88. The Morgan fingerprint density at radius 2 is 1.71 bits per heavy atom. The van der Waals surface area contributed by atoms with Gasteiger partial charge in [0, 0.05) is 24.2 Å². The van der Waals surface area contributed by atoms with Crippen molar-refractivity contribution in [2.24, 2.45) is 0 Å². The molecule has 2 rings (SSSR count). The number of rotatable bonds is 6. The lowest BCUT2D eigenvalue weighted by Gasteiger charge is -2.13. The van der Waals surface area contributed by atoms with Gasteiger partial charge < -0.3 is 10.6 Å². The highest BCUT2D eigenvalue weighted by Gasteiger charge is 2.09. The van der Waals surface area contributed by atoms with Crippen LogP contribution in [-0.2, 0) is 6.42 Å². The second kappa shape index (κ2) is 8.29. The third-order valence-electron chi connectivity index (χ3n) is 3.99. The van der Waals surface area contributed by atoms with E-state index in [9.17, 15) is 9.59 Å². The summed E-state index contributed by atoms with van der Waals surface area (Å²) in [7, 11) is 0. The monoisotopic (exact) mass is 324 g/mol. The first-order valence-corrected chi connectivity index (χ1v) is 8.24. The third-order valence-corrected chi connectivity index (χ3v) is 3.99. The van der Waals surface area contributed by atoms with Crippen LogP contribution < -0.4 is 10.6 Å². The fourth-order valence-electron chi connectivity index (χ4n) is 2.53. The summed E-state index contributed by atoms with van der Waals surface area (Å²) in [6.45, 7) is 6.32. The number of benzene rings is 2. The van der Waals surface area contributed by atoms with E-state index in [1.54, 1.807) is 0 Å². The van der Waals surface area contributed by atoms with Gasteiger partial charge in [0.2, 0.25) is 0 Å². The van der Waals surface area contributed by atoms with E-state index in [4.69, 9.17) is 0 Å². The van der Waals surface area contributed by atoms with E-state index in [0.29, 0.717) is 12.1 Å². The first-order valence-electron chi connectivity index (χ1n) is 8.24. The van der Waals surface area contributed by atoms with Crippen LogP contribution in [0, 0.1) is 13.8 Å². The number of nitrogens with one attached hydrogen (secondary N) is 2. The second-order valence-electron chi connectivity index (χ2n) is 5.88. The average Bonchev–Trinajstić information content (AvgIpc) is 2.57. The number of para-hydroxylation sites is 1. The third kappa shape index (κ3) is 4.69. The van der Waals surface area contributed by atoms with Gasteiger partial charge in [-0.2, -0.15) is 0 Å². The van der Waals surface area contributed by atoms with Crippen LogP contribution in [0.3, 0.4) is 0 Å². The molecule has 2 aromatic rings. The van der Waals surface area contributed by atoms with Crippen LogP contribution in [0.5, 0.6) is 0 Å². The molecule has 0 saturated heterocycles. The summed E-state index contributed by atoms with van der Waals surface area (Å²) in [4.78, 5) is 24.1. The number of hydrogen-bond acceptors (Lipinski definition) is 2. The molecule has 0 radical (unpaired) electrons. The number of amides is 2. The zero-order valence-electron chi connectivity index (χ0n) is 14.5. The van der Waals surface area contributed by atoms with Gasteiger partial charge >= 0.3 is 6.03 Å². The van der Waals surface area contributed by atoms with Gasteiger partial charge in [-0.25, -0.2) is 4.79 Å². The van der Waals surface area contributed by atoms with Gasteiger partial charge in [-0.3, -0.25) is 4.79 Å². The molecule has 0 bridgehead atoms. The molecule has 24 heavy (non-hydrogen) atoms. The predicted molar refractivity (Wildman–Crippen MR) is 97.7 cm³/mol. The molecule has 0 aromatic heterocycles. The first kappa shape index (κ1) is 17.7. The molecule has 0 atom stereocenters. The standard InChI is InChI=1S/C20H24N2O2/c1-4-16-7-5-6-15(3)19(16)22-20(24)21-13-12-18(23)17-10-8-14(2)9-11-17/h5-11H,4,12-13H2,1-3H3,(H2,21,22,24). The molecule has 4 nitrogen and oxygen atoms in total. The zero-order chi connectivity index (χ0) is 17.5. The van der Waals surface area contributed by atoms with Crippen molar-refractivity contribution in [1.29, 1.82) is 0 Å². The molecule has 0 aliphatic carbocycles. The molecule has 2 N–H and O–H groups in total. The van der Waals surface area contributed by atoms with Gasteiger partial charge in [0.15, 0.2) is 5.78 Å². The number of anilines is 1. The van der Waals surface area contributed by atoms with Crippen LogP contribution in [0.4, 0.5) is 10.5 Å². The summed E-state index contributed by atoms with van der Waals surface area (Å²) in [5.74, 6) is 0.0282. The SMILES string of the molecule is CCc1cccc(C)c1NC(=O)NCCC(=O)c1ccc(C)cc1. The maximum Gasteiger partial charge on any atom is 0.319 e. The summed E-state index contributed by atoms with van der Waals surface area (Å²) in [5, 5.41) is 5.64. The van der Waals surface area contributed by atoms with Crippen molar-refractivity contribution in [3.8, 4) is 0 Å². The van der Waals surface area contributed by atoms with Gasteiger partial charge in [-0.1, -0.05) is 55.0 Å². The van der Waals surface area contributed by atoms with E-state index >= 15 is 0 Å². The van der Waals surface area contributed by atoms with Crippen LogP contribution in [0.25, 0.3) is 0 Å². The Hall–Kier alpha value is -2.62. The Labute approximate surface area is 143 Å². The van der Waals surface area contributed by atoms with E-state index in [0.717, 1.165) is 28.8 Å². The quantitative estimate of drug-likeness (QED) is 0.780. The number of hydrogen-bond donors (Lipinski definition) is 2. The van der Waals surface area contributed by atoms with E-state index in [1.165, 1.54) is 0 Å². The number of urea groups is 1. The molecule has 0 saturated carbocycles. The molecule has 0 spiro atoms. The van der Waals surface area contributed by atoms with E-state index < -0.39 is 0 Å². The Morgan fingerprint density at radius 3 is 2.38 bits per heavy atom. The van der Waals surface area contributed by atoms with Crippen molar-refractivity contribution >= 4 is 17.5 Å². The smallest absolute Gasteiger partial charge is 0.319 e. The Bertz CT molecular complexity index is 721. The maximum absolute atomic E-state index is 12.1. The maximum atomic E-state index is 12.1.